The van der Waals surface area contributed by atoms with E-state index >= 15 is 0 Å². The van der Waals surface area contributed by atoms with E-state index in [1.54, 1.807) is 7.11 Å². The van der Waals surface area contributed by atoms with Gasteiger partial charge in [0.1, 0.15) is 6.61 Å². The van der Waals surface area contributed by atoms with Gasteiger partial charge in [-0.15, -0.1) is 0 Å². The number of aromatic nitrogens is 1. The summed E-state index contributed by atoms with van der Waals surface area (Å²) in [7, 11) is -3.92. The van der Waals surface area contributed by atoms with Gasteiger partial charge in [-0.05, 0) is 0 Å². The van der Waals surface area contributed by atoms with Crippen molar-refractivity contribution in [1.82, 2.24) is 0 Å². The fourth-order valence-corrected chi connectivity index (χ4v) is 1.98. The van der Waals surface area contributed by atoms with Crippen LogP contribution in [0.15, 0.2) is 24.5 Å². The molecule has 0 unspecified atom stereocenters. The molecule has 0 atom stereocenters. The molecular weight excluding hydrogens is 405 g/mol. The first-order valence-corrected chi connectivity index (χ1v) is 9.87. The van der Waals surface area contributed by atoms with Gasteiger partial charge in [-0.25, -0.2) is 13.0 Å². The second-order valence-corrected chi connectivity index (χ2v) is 7.50. The SMILES string of the molecule is COCCOCC[n+]1ccc(C2OCC(C)CO2)cc1.[NH-]S(=O)(=O)C(F)(F)F. The van der Waals surface area contributed by atoms with E-state index in [0.29, 0.717) is 25.7 Å². The number of methoxy groups -OCH3 is 1. The van der Waals surface area contributed by atoms with Crippen molar-refractivity contribution in [2.75, 3.05) is 40.1 Å². The molecule has 1 aliphatic heterocycles. The lowest BCUT2D eigenvalue weighted by atomic mass is 10.2. The molecule has 0 spiro atoms. The lowest BCUT2D eigenvalue weighted by Gasteiger charge is -2.27. The van der Waals surface area contributed by atoms with Crippen molar-refractivity contribution in [2.24, 2.45) is 5.92 Å². The number of ether oxygens (including phenoxy) is 4. The number of rotatable bonds is 7. The third-order valence-electron chi connectivity index (χ3n) is 3.48. The molecule has 8 nitrogen and oxygen atoms in total. The summed E-state index contributed by atoms with van der Waals surface area (Å²) in [5.74, 6) is 0.476. The van der Waals surface area contributed by atoms with Crippen LogP contribution in [0, 0.1) is 5.92 Å². The van der Waals surface area contributed by atoms with Crippen LogP contribution in [0.25, 0.3) is 5.14 Å². The molecule has 0 radical (unpaired) electrons. The standard InChI is InChI=1S/C15H24NO4.CHF3NO2S/c1-13-11-19-15(20-12-13)14-3-5-16(6-4-14)7-8-18-10-9-17-2;2-1(3,4)8(5,6)7/h3-6,13,15H,7-12H2,1-2H3;(H-,5,6,7)/q+1;-1. The van der Waals surface area contributed by atoms with E-state index in [1.165, 1.54) is 0 Å². The van der Waals surface area contributed by atoms with E-state index in [1.807, 2.05) is 24.5 Å². The molecule has 1 aliphatic rings. The van der Waals surface area contributed by atoms with Crippen LogP contribution in [-0.4, -0.2) is 54.1 Å². The fraction of sp³-hybridized carbons (Fsp3) is 0.688. The zero-order chi connectivity index (χ0) is 21.2. The number of pyridine rings is 1. The Morgan fingerprint density at radius 2 is 1.71 bits per heavy atom. The number of nitrogens with one attached hydrogen (secondary N) is 1. The minimum absolute atomic E-state index is 0.223. The zero-order valence-electron chi connectivity index (χ0n) is 15.6. The summed E-state index contributed by atoms with van der Waals surface area (Å²) in [5, 5.41) is 5.43. The molecule has 0 bridgehead atoms. The normalized spacial score (nSPS) is 20.4. The van der Waals surface area contributed by atoms with Gasteiger partial charge in [0.2, 0.25) is 0 Å². The molecule has 1 N–H and O–H groups in total. The zero-order valence-corrected chi connectivity index (χ0v) is 16.5. The highest BCUT2D eigenvalue weighted by Crippen LogP contribution is 2.24. The van der Waals surface area contributed by atoms with Crippen molar-refractivity contribution in [2.45, 2.75) is 25.3 Å². The minimum Gasteiger partial charge on any atom is -0.556 e. The lowest BCUT2D eigenvalue weighted by molar-refractivity contribution is -0.698. The second kappa shape index (κ2) is 11.6. The average Bonchev–Trinajstić information content (AvgIpc) is 2.62. The van der Waals surface area contributed by atoms with Crippen molar-refractivity contribution >= 4 is 10.0 Å². The molecule has 1 aromatic rings. The van der Waals surface area contributed by atoms with Crippen LogP contribution in [-0.2, 0) is 35.5 Å². The predicted molar refractivity (Wildman–Crippen MR) is 92.4 cm³/mol. The Balaban J connectivity index is 0.000000416. The van der Waals surface area contributed by atoms with Crippen LogP contribution in [0.2, 0.25) is 0 Å². The van der Waals surface area contributed by atoms with E-state index in [4.69, 9.17) is 24.1 Å². The number of hydrogen-bond donors (Lipinski definition) is 0. The number of halogens is 3. The van der Waals surface area contributed by atoms with Crippen molar-refractivity contribution in [3.05, 3.63) is 35.2 Å². The third-order valence-corrected chi connectivity index (χ3v) is 4.09. The Morgan fingerprint density at radius 3 is 2.18 bits per heavy atom. The molecule has 0 aromatic carbocycles. The van der Waals surface area contributed by atoms with E-state index in [9.17, 15) is 21.6 Å². The number of sulfonamides is 1. The second-order valence-electron chi connectivity index (χ2n) is 6.03. The fourth-order valence-electron chi connectivity index (χ4n) is 1.98. The maximum absolute atomic E-state index is 10.8. The summed E-state index contributed by atoms with van der Waals surface area (Å²) in [6.45, 7) is 6.42. The predicted octanol–water partition coefficient (Wildman–Crippen LogP) is 2.21. The molecule has 1 saturated heterocycles. The number of alkyl halides is 3. The first-order valence-electron chi connectivity index (χ1n) is 8.39. The molecule has 1 fully saturated rings. The maximum Gasteiger partial charge on any atom is 0.479 e. The van der Waals surface area contributed by atoms with Gasteiger partial charge in [-0.1, -0.05) is 6.92 Å². The van der Waals surface area contributed by atoms with Gasteiger partial charge in [-0.3, -0.25) is 0 Å². The quantitative estimate of drug-likeness (QED) is 0.486. The van der Waals surface area contributed by atoms with E-state index in [0.717, 1.165) is 25.3 Å². The van der Waals surface area contributed by atoms with Gasteiger partial charge < -0.3 is 24.1 Å². The minimum atomic E-state index is -5.59. The summed E-state index contributed by atoms with van der Waals surface area (Å²) in [5.41, 5.74) is -4.36. The molecule has 0 amide bonds. The smallest absolute Gasteiger partial charge is 0.479 e. The highest BCUT2D eigenvalue weighted by molar-refractivity contribution is 7.93. The summed E-state index contributed by atoms with van der Waals surface area (Å²) in [4.78, 5) is 0. The van der Waals surface area contributed by atoms with E-state index in [2.05, 4.69) is 11.5 Å². The lowest BCUT2D eigenvalue weighted by Crippen LogP contribution is -2.35. The molecule has 1 aromatic heterocycles. The molecule has 0 aliphatic carbocycles. The summed E-state index contributed by atoms with van der Waals surface area (Å²) in [6, 6.07) is 4.08. The van der Waals surface area contributed by atoms with Crippen molar-refractivity contribution in [3.63, 3.8) is 0 Å². The molecule has 162 valence electrons. The van der Waals surface area contributed by atoms with Crippen LogP contribution in [0.4, 0.5) is 13.2 Å². The molecular formula is C16H25F3N2O6S. The van der Waals surface area contributed by atoms with Crippen LogP contribution in [0.5, 0.6) is 0 Å². The van der Waals surface area contributed by atoms with Crippen molar-refractivity contribution in [1.29, 1.82) is 0 Å². The highest BCUT2D eigenvalue weighted by Gasteiger charge is 2.36. The van der Waals surface area contributed by atoms with E-state index in [-0.39, 0.29) is 6.29 Å². The van der Waals surface area contributed by atoms with Gasteiger partial charge in [0.25, 0.3) is 0 Å². The Kier molecular flexibility index (Phi) is 10.3. The number of hydrogen-bond acceptors (Lipinski definition) is 6. The highest BCUT2D eigenvalue weighted by atomic mass is 32.2. The van der Waals surface area contributed by atoms with Crippen LogP contribution < -0.4 is 4.57 Å². The first kappa shape index (κ1) is 24.7. The van der Waals surface area contributed by atoms with Gasteiger partial charge >= 0.3 is 5.51 Å². The Labute approximate surface area is 162 Å². The molecule has 0 saturated carbocycles. The van der Waals surface area contributed by atoms with E-state index < -0.39 is 15.5 Å². The van der Waals surface area contributed by atoms with Crippen molar-refractivity contribution in [3.8, 4) is 0 Å². The number of nitrogens with zero attached hydrogens (tertiary/aromatic N) is 1. The van der Waals surface area contributed by atoms with Crippen LogP contribution in [0.3, 0.4) is 0 Å². The van der Waals surface area contributed by atoms with Gasteiger partial charge in [-0.2, -0.15) is 13.2 Å². The summed E-state index contributed by atoms with van der Waals surface area (Å²) >= 11 is 0. The largest absolute Gasteiger partial charge is 0.556 e. The Bertz CT molecular complexity index is 662. The van der Waals surface area contributed by atoms with Gasteiger partial charge in [0.05, 0.1) is 26.4 Å². The van der Waals surface area contributed by atoms with Crippen molar-refractivity contribution < 1.29 is 45.1 Å². The summed E-state index contributed by atoms with van der Waals surface area (Å²) in [6.07, 6.45) is 3.83. The summed E-state index contributed by atoms with van der Waals surface area (Å²) < 4.78 is 74.5. The molecule has 12 heteroatoms. The Hall–Kier alpha value is -1.31. The van der Waals surface area contributed by atoms with Crippen LogP contribution in [0.1, 0.15) is 18.8 Å². The molecule has 2 heterocycles. The topological polar surface area (TPSA) is 98.7 Å². The monoisotopic (exact) mass is 430 g/mol. The first-order chi connectivity index (χ1) is 13.0. The average molecular weight is 430 g/mol. The van der Waals surface area contributed by atoms with Gasteiger partial charge in [0, 0.05) is 30.7 Å². The third kappa shape index (κ3) is 9.26. The van der Waals surface area contributed by atoms with Crippen LogP contribution >= 0.6 is 0 Å². The Morgan fingerprint density at radius 1 is 1.18 bits per heavy atom. The molecule has 2 rings (SSSR count). The molecule has 28 heavy (non-hydrogen) atoms. The van der Waals surface area contributed by atoms with Gasteiger partial charge in [0.15, 0.2) is 35.3 Å². The maximum atomic E-state index is 10.8.